The number of rotatable bonds is 7. The Hall–Kier alpha value is -0.320. The largest absolute Gasteiger partial charge is 0.394 e. The van der Waals surface area contributed by atoms with Gasteiger partial charge in [-0.2, -0.15) is 0 Å². The molecule has 0 spiro atoms. The molecule has 1 aliphatic heterocycles. The molecule has 0 aromatic carbocycles. The molecule has 1 saturated carbocycles. The molecular formula is C19H36O8. The van der Waals surface area contributed by atoms with Crippen LogP contribution in [0.5, 0.6) is 0 Å². The highest BCUT2D eigenvalue weighted by Crippen LogP contribution is 2.47. The first kappa shape index (κ1) is 23.0. The van der Waals surface area contributed by atoms with Crippen LogP contribution in [0.4, 0.5) is 0 Å². The fraction of sp³-hybridized carbons (Fsp3) is 1.00. The Morgan fingerprint density at radius 2 is 1.78 bits per heavy atom. The molecule has 0 bridgehead atoms. The van der Waals surface area contributed by atoms with Crippen molar-refractivity contribution in [3.63, 3.8) is 0 Å². The molecule has 0 amide bonds. The van der Waals surface area contributed by atoms with Crippen LogP contribution in [0.3, 0.4) is 0 Å². The normalized spacial score (nSPS) is 43.4. The van der Waals surface area contributed by atoms with Gasteiger partial charge in [0.25, 0.3) is 0 Å². The van der Waals surface area contributed by atoms with Gasteiger partial charge in [0.1, 0.15) is 24.4 Å². The molecule has 27 heavy (non-hydrogen) atoms. The lowest BCUT2D eigenvalue weighted by molar-refractivity contribution is -0.305. The zero-order chi connectivity index (χ0) is 20.4. The minimum atomic E-state index is -1.47. The minimum absolute atomic E-state index is 0.00475. The van der Waals surface area contributed by atoms with Crippen LogP contribution in [0, 0.1) is 17.3 Å². The number of hydrogen-bond donors (Lipinski definition) is 6. The van der Waals surface area contributed by atoms with E-state index < -0.39 is 49.5 Å². The summed E-state index contributed by atoms with van der Waals surface area (Å²) in [5, 5.41) is 59.1. The molecule has 2 aliphatic rings. The van der Waals surface area contributed by atoms with Crippen LogP contribution in [0.1, 0.15) is 46.5 Å². The van der Waals surface area contributed by atoms with Crippen molar-refractivity contribution < 1.29 is 40.1 Å². The first-order valence-corrected chi connectivity index (χ1v) is 9.85. The molecule has 1 aliphatic carbocycles. The Morgan fingerprint density at radius 1 is 1.11 bits per heavy atom. The van der Waals surface area contributed by atoms with Crippen molar-refractivity contribution in [1.29, 1.82) is 0 Å². The first-order valence-electron chi connectivity index (χ1n) is 9.85. The average Bonchev–Trinajstić information content (AvgIpc) is 2.57. The quantitative estimate of drug-likeness (QED) is 0.337. The Balaban J connectivity index is 2.03. The van der Waals surface area contributed by atoms with E-state index in [-0.39, 0.29) is 23.9 Å². The molecule has 0 unspecified atom stereocenters. The summed E-state index contributed by atoms with van der Waals surface area (Å²) < 4.78 is 11.1. The van der Waals surface area contributed by atoms with E-state index in [1.54, 1.807) is 6.92 Å². The van der Waals surface area contributed by atoms with Crippen molar-refractivity contribution in [2.45, 2.75) is 89.4 Å². The molecule has 160 valence electrons. The van der Waals surface area contributed by atoms with Crippen LogP contribution in [0.15, 0.2) is 0 Å². The Kier molecular flexibility index (Phi) is 8.04. The van der Waals surface area contributed by atoms with E-state index in [0.29, 0.717) is 19.3 Å². The summed E-state index contributed by atoms with van der Waals surface area (Å²) in [6, 6.07) is 0. The summed E-state index contributed by atoms with van der Waals surface area (Å²) in [4.78, 5) is 0. The second-order valence-corrected chi connectivity index (χ2v) is 8.91. The maximum absolute atomic E-state index is 10.3. The van der Waals surface area contributed by atoms with Gasteiger partial charge in [-0.05, 0) is 49.9 Å². The molecular weight excluding hydrogens is 356 g/mol. The van der Waals surface area contributed by atoms with Crippen molar-refractivity contribution in [3.8, 4) is 0 Å². The topological polar surface area (TPSA) is 140 Å². The highest BCUT2D eigenvalue weighted by Gasteiger charge is 2.46. The molecule has 1 saturated heterocycles. The van der Waals surface area contributed by atoms with Gasteiger partial charge in [0.05, 0.1) is 25.4 Å². The summed E-state index contributed by atoms with van der Waals surface area (Å²) in [6.07, 6.45) is -4.68. The Labute approximate surface area is 160 Å². The van der Waals surface area contributed by atoms with Gasteiger partial charge in [-0.15, -0.1) is 0 Å². The smallest absolute Gasteiger partial charge is 0.186 e. The summed E-state index contributed by atoms with van der Waals surface area (Å²) in [5.41, 5.74) is -0.129. The molecule has 8 nitrogen and oxygen atoms in total. The van der Waals surface area contributed by atoms with E-state index in [1.807, 2.05) is 0 Å². The molecule has 1 heterocycles. The predicted molar refractivity (Wildman–Crippen MR) is 96.6 cm³/mol. The summed E-state index contributed by atoms with van der Waals surface area (Å²) in [5.74, 6) is 0.204. The van der Waals surface area contributed by atoms with Gasteiger partial charge in [0.15, 0.2) is 6.29 Å². The van der Waals surface area contributed by atoms with Gasteiger partial charge in [0, 0.05) is 0 Å². The lowest BCUT2D eigenvalue weighted by Crippen LogP contribution is -2.59. The van der Waals surface area contributed by atoms with Crippen molar-refractivity contribution >= 4 is 0 Å². The monoisotopic (exact) mass is 392 g/mol. The van der Waals surface area contributed by atoms with E-state index in [9.17, 15) is 30.6 Å². The SMILES string of the molecule is C[C@@H](O)CC[C@@H]1[C@H](CO[C@@H]2O[C@H](CO)[C@@H](O)[C@H](O)[C@H]2O)C[C@H](O)CC1(C)C. The molecule has 8 heteroatoms. The van der Waals surface area contributed by atoms with Crippen LogP contribution >= 0.6 is 0 Å². The summed E-state index contributed by atoms with van der Waals surface area (Å²) >= 11 is 0. The highest BCUT2D eigenvalue weighted by molar-refractivity contribution is 4.93. The van der Waals surface area contributed by atoms with Gasteiger partial charge in [-0.25, -0.2) is 0 Å². The second-order valence-electron chi connectivity index (χ2n) is 8.91. The van der Waals surface area contributed by atoms with E-state index >= 15 is 0 Å². The molecule has 0 aromatic rings. The molecule has 9 atom stereocenters. The zero-order valence-electron chi connectivity index (χ0n) is 16.4. The zero-order valence-corrected chi connectivity index (χ0v) is 16.4. The van der Waals surface area contributed by atoms with Crippen LogP contribution in [-0.2, 0) is 9.47 Å². The third-order valence-electron chi connectivity index (χ3n) is 6.13. The molecule has 0 aromatic heterocycles. The number of aliphatic hydroxyl groups excluding tert-OH is 6. The van der Waals surface area contributed by atoms with Crippen LogP contribution < -0.4 is 0 Å². The van der Waals surface area contributed by atoms with Crippen LogP contribution in [-0.4, -0.2) is 86.8 Å². The standard InChI is InChI=1S/C19H36O8/c1-10(21)4-5-13-11(6-12(22)7-19(13,2)3)9-26-18-17(25)16(24)15(23)14(8-20)27-18/h10-18,20-25H,4-9H2,1-3H3/t10-,11+,12+,13-,14-,15-,16+,17-,18-/m1/s1. The molecule has 6 N–H and O–H groups in total. The Morgan fingerprint density at radius 3 is 2.37 bits per heavy atom. The van der Waals surface area contributed by atoms with E-state index in [2.05, 4.69) is 13.8 Å². The summed E-state index contributed by atoms with van der Waals surface area (Å²) in [6.45, 7) is 5.65. The lowest BCUT2D eigenvalue weighted by Gasteiger charge is -2.47. The fourth-order valence-corrected chi connectivity index (χ4v) is 4.65. The maximum atomic E-state index is 10.3. The fourth-order valence-electron chi connectivity index (χ4n) is 4.65. The predicted octanol–water partition coefficient (Wildman–Crippen LogP) is -0.623. The van der Waals surface area contributed by atoms with E-state index in [0.717, 1.165) is 6.42 Å². The second kappa shape index (κ2) is 9.45. The summed E-state index contributed by atoms with van der Waals surface area (Å²) in [7, 11) is 0. The van der Waals surface area contributed by atoms with Gasteiger partial charge < -0.3 is 40.1 Å². The van der Waals surface area contributed by atoms with Crippen LogP contribution in [0.25, 0.3) is 0 Å². The van der Waals surface area contributed by atoms with Gasteiger partial charge in [-0.3, -0.25) is 0 Å². The molecule has 2 fully saturated rings. The van der Waals surface area contributed by atoms with Crippen molar-refractivity contribution in [1.82, 2.24) is 0 Å². The maximum Gasteiger partial charge on any atom is 0.186 e. The number of hydrogen-bond acceptors (Lipinski definition) is 8. The van der Waals surface area contributed by atoms with Crippen molar-refractivity contribution in [3.05, 3.63) is 0 Å². The highest BCUT2D eigenvalue weighted by atomic mass is 16.7. The Bertz CT molecular complexity index is 455. The van der Waals surface area contributed by atoms with Gasteiger partial charge in [0.2, 0.25) is 0 Å². The third kappa shape index (κ3) is 5.61. The van der Waals surface area contributed by atoms with Crippen molar-refractivity contribution in [2.75, 3.05) is 13.2 Å². The van der Waals surface area contributed by atoms with Gasteiger partial charge in [-0.1, -0.05) is 13.8 Å². The third-order valence-corrected chi connectivity index (χ3v) is 6.13. The first-order chi connectivity index (χ1) is 12.6. The number of ether oxygens (including phenoxy) is 2. The average molecular weight is 392 g/mol. The molecule has 2 rings (SSSR count). The molecule has 0 radical (unpaired) electrons. The minimum Gasteiger partial charge on any atom is -0.394 e. The number of aliphatic hydroxyl groups is 6. The van der Waals surface area contributed by atoms with Gasteiger partial charge >= 0.3 is 0 Å². The lowest BCUT2D eigenvalue weighted by atomic mass is 9.61. The van der Waals surface area contributed by atoms with E-state index in [1.165, 1.54) is 0 Å². The van der Waals surface area contributed by atoms with Crippen molar-refractivity contribution in [2.24, 2.45) is 17.3 Å². The van der Waals surface area contributed by atoms with E-state index in [4.69, 9.17) is 9.47 Å². The van der Waals surface area contributed by atoms with Crippen LogP contribution in [0.2, 0.25) is 0 Å².